The summed E-state index contributed by atoms with van der Waals surface area (Å²) in [5.74, 6) is -2.66. The highest BCUT2D eigenvalue weighted by Gasteiger charge is 2.38. The summed E-state index contributed by atoms with van der Waals surface area (Å²) in [6.45, 7) is 11.1. The van der Waals surface area contributed by atoms with Gasteiger partial charge in [0.15, 0.2) is 0 Å². The summed E-state index contributed by atoms with van der Waals surface area (Å²) in [6, 6.07) is 11.1. The van der Waals surface area contributed by atoms with E-state index in [-0.39, 0.29) is 36.0 Å². The molecule has 44 heavy (non-hydrogen) atoms. The number of fused-ring (bicyclic) bond motifs is 1. The van der Waals surface area contributed by atoms with Crippen LogP contribution in [0.1, 0.15) is 62.5 Å². The number of anilines is 2. The first-order valence-electron chi connectivity index (χ1n) is 13.5. The maximum atomic E-state index is 12.6. The minimum absolute atomic E-state index is 0.110. The summed E-state index contributed by atoms with van der Waals surface area (Å²) in [4.78, 5) is 59.8. The first kappa shape index (κ1) is 33.9. The van der Waals surface area contributed by atoms with Gasteiger partial charge in [-0.05, 0) is 77.9 Å². The molecule has 0 saturated carbocycles. The van der Waals surface area contributed by atoms with Crippen LogP contribution in [0.25, 0.3) is 11.0 Å². The molecule has 1 aliphatic rings. The van der Waals surface area contributed by atoms with Crippen molar-refractivity contribution < 1.29 is 43.0 Å². The Hall–Kier alpha value is -4.59. The zero-order chi connectivity index (χ0) is 33.0. The number of furan rings is 1. The second-order valence-corrected chi connectivity index (χ2v) is 12.8. The number of amides is 4. The van der Waals surface area contributed by atoms with E-state index in [0.29, 0.717) is 16.7 Å². The molecule has 236 valence electrons. The van der Waals surface area contributed by atoms with E-state index in [0.717, 1.165) is 4.47 Å². The Morgan fingerprint density at radius 3 is 2.16 bits per heavy atom. The van der Waals surface area contributed by atoms with Gasteiger partial charge < -0.3 is 34.9 Å². The average molecular weight is 676 g/mol. The summed E-state index contributed by atoms with van der Waals surface area (Å²) in [5, 5.41) is 14.5. The molecule has 0 spiro atoms. The topological polar surface area (TPSA) is 190 Å². The van der Waals surface area contributed by atoms with Crippen molar-refractivity contribution in [3.8, 4) is 0 Å². The number of rotatable bonds is 5. The van der Waals surface area contributed by atoms with Crippen molar-refractivity contribution in [3.05, 3.63) is 58.3 Å². The van der Waals surface area contributed by atoms with Gasteiger partial charge in [-0.2, -0.15) is 0 Å². The molecule has 1 fully saturated rings. The van der Waals surface area contributed by atoms with Gasteiger partial charge in [0, 0.05) is 28.6 Å². The third-order valence-corrected chi connectivity index (χ3v) is 6.27. The van der Waals surface area contributed by atoms with Crippen LogP contribution in [0.3, 0.4) is 0 Å². The third-order valence-electron chi connectivity index (χ3n) is 5.78. The van der Waals surface area contributed by atoms with Crippen LogP contribution < -0.4 is 16.4 Å². The molecule has 4 rings (SSSR count). The monoisotopic (exact) mass is 674 g/mol. The van der Waals surface area contributed by atoms with Crippen molar-refractivity contribution in [2.24, 2.45) is 11.7 Å². The van der Waals surface area contributed by atoms with Crippen molar-refractivity contribution in [2.45, 2.75) is 52.7 Å². The number of benzene rings is 2. The van der Waals surface area contributed by atoms with Crippen LogP contribution in [0.5, 0.6) is 0 Å². The van der Waals surface area contributed by atoms with Gasteiger partial charge in [0.1, 0.15) is 22.5 Å². The Labute approximate surface area is 262 Å². The average Bonchev–Trinajstić information content (AvgIpc) is 3.19. The molecule has 1 aliphatic heterocycles. The molecule has 0 radical (unpaired) electrons. The highest BCUT2D eigenvalue weighted by Crippen LogP contribution is 2.34. The normalized spacial score (nSPS) is 13.2. The number of carbonyl (C=O) groups excluding carboxylic acids is 4. The number of carbonyl (C=O) groups is 5. The lowest BCUT2D eigenvalue weighted by atomic mass is 9.99. The van der Waals surface area contributed by atoms with Crippen LogP contribution in [0, 0.1) is 5.92 Å². The van der Waals surface area contributed by atoms with Crippen LogP contribution >= 0.6 is 15.9 Å². The number of nitrogens with one attached hydrogen (secondary N) is 2. The number of nitrogens with two attached hydrogens (primary N) is 1. The zero-order valence-corrected chi connectivity index (χ0v) is 26.7. The number of nitrogens with zero attached hydrogens (tertiary/aromatic N) is 1. The summed E-state index contributed by atoms with van der Waals surface area (Å²) in [7, 11) is 0. The molecule has 0 unspecified atom stereocenters. The van der Waals surface area contributed by atoms with Gasteiger partial charge >= 0.3 is 18.2 Å². The van der Waals surface area contributed by atoms with Crippen LogP contribution in [0.2, 0.25) is 0 Å². The Kier molecular flexibility index (Phi) is 10.3. The van der Waals surface area contributed by atoms with E-state index in [4.69, 9.17) is 24.7 Å². The molecule has 1 aromatic heterocycles. The van der Waals surface area contributed by atoms with E-state index < -0.39 is 41.2 Å². The summed E-state index contributed by atoms with van der Waals surface area (Å²) >= 11 is 3.35. The largest absolute Gasteiger partial charge is 0.478 e. The maximum absolute atomic E-state index is 12.6. The molecule has 0 aliphatic carbocycles. The fraction of sp³-hybridized carbons (Fsp3) is 0.367. The van der Waals surface area contributed by atoms with E-state index in [2.05, 4.69) is 26.6 Å². The molecule has 13 nitrogen and oxygen atoms in total. The van der Waals surface area contributed by atoms with E-state index in [1.165, 1.54) is 17.0 Å². The zero-order valence-electron chi connectivity index (χ0n) is 25.1. The van der Waals surface area contributed by atoms with Crippen LogP contribution in [0.4, 0.5) is 21.0 Å². The second-order valence-electron chi connectivity index (χ2n) is 11.9. The van der Waals surface area contributed by atoms with Gasteiger partial charge in [0.2, 0.25) is 11.7 Å². The van der Waals surface area contributed by atoms with Crippen molar-refractivity contribution in [1.82, 2.24) is 4.90 Å². The standard InChI is InChI=1S/C18H20BrN3O5.C12H15NO4/c1-18(2,3)27-17(25)22-7-9(8-22)16(24)21-13-11-6-10(19)4-5-12(11)26-14(13)15(20)23;1-12(2,3)17-11(16)13-9-6-4-5-8(7-9)10(14)15/h4-6,9H,7-8H2,1-3H3,(H2,20,23)(H,21,24);4-7H,1-3H3,(H,13,16)(H,14,15). The minimum Gasteiger partial charge on any atom is -0.478 e. The number of aromatic carboxylic acids is 1. The molecule has 0 atom stereocenters. The number of hydrogen-bond acceptors (Lipinski definition) is 8. The molecule has 2 heterocycles. The molecule has 3 aromatic rings. The number of hydrogen-bond donors (Lipinski definition) is 4. The summed E-state index contributed by atoms with van der Waals surface area (Å²) in [6.07, 6.45) is -1.07. The number of likely N-dealkylation sites (tertiary alicyclic amines) is 1. The maximum Gasteiger partial charge on any atom is 0.412 e. The number of primary amides is 1. The summed E-state index contributed by atoms with van der Waals surface area (Å²) < 4.78 is 16.5. The van der Waals surface area contributed by atoms with E-state index in [9.17, 15) is 24.0 Å². The lowest BCUT2D eigenvalue weighted by Crippen LogP contribution is -2.55. The highest BCUT2D eigenvalue weighted by atomic mass is 79.9. The second kappa shape index (κ2) is 13.4. The lowest BCUT2D eigenvalue weighted by molar-refractivity contribution is -0.124. The molecule has 5 N–H and O–H groups in total. The van der Waals surface area contributed by atoms with Crippen molar-refractivity contribution in [3.63, 3.8) is 0 Å². The molecule has 4 amide bonds. The van der Waals surface area contributed by atoms with Gasteiger partial charge in [0.25, 0.3) is 5.91 Å². The Balaban J connectivity index is 0.000000269. The van der Waals surface area contributed by atoms with Crippen molar-refractivity contribution in [1.29, 1.82) is 0 Å². The molecule has 14 heteroatoms. The molecular weight excluding hydrogens is 640 g/mol. The molecular formula is C30H35BrN4O9. The third kappa shape index (κ3) is 9.46. The predicted octanol–water partition coefficient (Wildman–Crippen LogP) is 5.83. The number of carboxylic acid groups (broad SMARTS) is 1. The van der Waals surface area contributed by atoms with Gasteiger partial charge in [0.05, 0.1) is 11.5 Å². The molecule has 1 saturated heterocycles. The SMILES string of the molecule is CC(C)(C)OC(=O)N1CC(C(=O)Nc2c(C(N)=O)oc3ccc(Br)cc23)C1.CC(C)(C)OC(=O)Nc1cccc(C(=O)O)c1. The fourth-order valence-electron chi connectivity index (χ4n) is 3.86. The fourth-order valence-corrected chi connectivity index (χ4v) is 4.23. The Morgan fingerprint density at radius 2 is 1.59 bits per heavy atom. The van der Waals surface area contributed by atoms with Crippen molar-refractivity contribution >= 4 is 68.2 Å². The first-order chi connectivity index (χ1) is 20.3. The van der Waals surface area contributed by atoms with E-state index in [1.807, 2.05) is 0 Å². The van der Waals surface area contributed by atoms with Gasteiger partial charge in [-0.25, -0.2) is 14.4 Å². The van der Waals surface area contributed by atoms with E-state index in [1.54, 1.807) is 71.9 Å². The Morgan fingerprint density at radius 1 is 0.955 bits per heavy atom. The van der Waals surface area contributed by atoms with Crippen LogP contribution in [0.15, 0.2) is 51.4 Å². The quantitative estimate of drug-likeness (QED) is 0.258. The van der Waals surface area contributed by atoms with Crippen LogP contribution in [-0.2, 0) is 14.3 Å². The minimum atomic E-state index is -1.04. The van der Waals surface area contributed by atoms with Crippen molar-refractivity contribution in [2.75, 3.05) is 23.7 Å². The molecule has 0 bridgehead atoms. The first-order valence-corrected chi connectivity index (χ1v) is 14.3. The smallest absolute Gasteiger partial charge is 0.412 e. The summed E-state index contributed by atoms with van der Waals surface area (Å²) in [5.41, 5.74) is 5.36. The Bertz CT molecular complexity index is 1580. The number of carboxylic acids is 1. The number of ether oxygens (including phenoxy) is 2. The van der Waals surface area contributed by atoms with Crippen LogP contribution in [-0.4, -0.2) is 64.3 Å². The van der Waals surface area contributed by atoms with Gasteiger partial charge in [-0.1, -0.05) is 22.0 Å². The molecule has 2 aromatic carbocycles. The lowest BCUT2D eigenvalue weighted by Gasteiger charge is -2.38. The van der Waals surface area contributed by atoms with Gasteiger partial charge in [-0.15, -0.1) is 0 Å². The van der Waals surface area contributed by atoms with E-state index >= 15 is 0 Å². The highest BCUT2D eigenvalue weighted by molar-refractivity contribution is 9.10. The van der Waals surface area contributed by atoms with Gasteiger partial charge in [-0.3, -0.25) is 14.9 Å². The predicted molar refractivity (Wildman–Crippen MR) is 166 cm³/mol. The number of halogens is 1.